The van der Waals surface area contributed by atoms with Crippen LogP contribution < -0.4 is 11.1 Å². The van der Waals surface area contributed by atoms with E-state index in [4.69, 9.17) is 28.9 Å². The van der Waals surface area contributed by atoms with Gasteiger partial charge in [0.25, 0.3) is 0 Å². The van der Waals surface area contributed by atoms with Crippen molar-refractivity contribution in [3.63, 3.8) is 0 Å². The molecule has 112 valence electrons. The molecule has 0 saturated heterocycles. The zero-order valence-corrected chi connectivity index (χ0v) is 13.7. The molecule has 0 unspecified atom stereocenters. The monoisotopic (exact) mass is 336 g/mol. The van der Waals surface area contributed by atoms with Gasteiger partial charge in [0.2, 0.25) is 11.8 Å². The molecule has 4 nitrogen and oxygen atoms in total. The first kappa shape index (κ1) is 17.3. The smallest absolute Gasteiger partial charge is 0.240 e. The van der Waals surface area contributed by atoms with E-state index in [9.17, 15) is 9.59 Å². The molecular weight excluding hydrogens is 319 g/mol. The van der Waals surface area contributed by atoms with Gasteiger partial charge in [0.15, 0.2) is 0 Å². The number of rotatable bonds is 7. The number of carbonyl (C=O) groups excluding carboxylic acids is 2. The largest absolute Gasteiger partial charge is 0.368 e. The highest BCUT2D eigenvalue weighted by atomic mass is 35.5. The second kappa shape index (κ2) is 7.86. The third-order valence-electron chi connectivity index (χ3n) is 2.87. The van der Waals surface area contributed by atoms with Gasteiger partial charge < -0.3 is 11.1 Å². The van der Waals surface area contributed by atoms with E-state index in [0.717, 1.165) is 5.56 Å². The lowest BCUT2D eigenvalue weighted by molar-refractivity contribution is -0.128. The molecule has 1 aromatic heterocycles. The van der Waals surface area contributed by atoms with Crippen molar-refractivity contribution in [3.05, 3.63) is 20.3 Å². The Hall–Kier alpha value is -0.780. The van der Waals surface area contributed by atoms with E-state index < -0.39 is 11.9 Å². The molecule has 0 radical (unpaired) electrons. The van der Waals surface area contributed by atoms with Crippen LogP contribution in [0.15, 0.2) is 6.07 Å². The first-order chi connectivity index (χ1) is 9.31. The van der Waals surface area contributed by atoms with Crippen LogP contribution in [0.5, 0.6) is 0 Å². The Morgan fingerprint density at radius 2 is 2.05 bits per heavy atom. The topological polar surface area (TPSA) is 72.2 Å². The van der Waals surface area contributed by atoms with Gasteiger partial charge in [0.05, 0.1) is 8.67 Å². The van der Waals surface area contributed by atoms with Crippen molar-refractivity contribution in [2.45, 2.75) is 39.2 Å². The number of hydrogen-bond acceptors (Lipinski definition) is 3. The highest BCUT2D eigenvalue weighted by molar-refractivity contribution is 7.20. The predicted molar refractivity (Wildman–Crippen MR) is 83.2 cm³/mol. The fourth-order valence-electron chi connectivity index (χ4n) is 1.80. The molecule has 0 aliphatic carbocycles. The second-order valence-corrected chi connectivity index (χ2v) is 7.18. The zero-order chi connectivity index (χ0) is 15.3. The van der Waals surface area contributed by atoms with Gasteiger partial charge in [-0.1, -0.05) is 37.0 Å². The molecule has 1 aromatic rings. The summed E-state index contributed by atoms with van der Waals surface area (Å²) in [5.41, 5.74) is 6.19. The molecule has 0 fully saturated rings. The minimum absolute atomic E-state index is 0.0263. The SMILES string of the molecule is CC(C)[C@H](NC(=O)CCCc1cc(Cl)sc1Cl)C(N)=O. The fourth-order valence-corrected chi connectivity index (χ4v) is 3.34. The Balaban J connectivity index is 2.40. The summed E-state index contributed by atoms with van der Waals surface area (Å²) >= 11 is 13.2. The lowest BCUT2D eigenvalue weighted by Gasteiger charge is -2.18. The molecule has 7 heteroatoms. The van der Waals surface area contributed by atoms with E-state index >= 15 is 0 Å². The van der Waals surface area contributed by atoms with Crippen molar-refractivity contribution in [1.82, 2.24) is 5.32 Å². The standard InChI is InChI=1S/C13H18Cl2N2O2S/c1-7(2)11(13(16)19)17-10(18)5-3-4-8-6-9(14)20-12(8)15/h6-7,11H,3-5H2,1-2H3,(H2,16,19)(H,17,18)/t11-/m0/s1. The molecule has 1 heterocycles. The van der Waals surface area contributed by atoms with Crippen molar-refractivity contribution >= 4 is 46.4 Å². The van der Waals surface area contributed by atoms with Crippen LogP contribution in [-0.2, 0) is 16.0 Å². The molecule has 0 spiro atoms. The van der Waals surface area contributed by atoms with Crippen molar-refractivity contribution in [1.29, 1.82) is 0 Å². The Labute approximate surface area is 132 Å². The summed E-state index contributed by atoms with van der Waals surface area (Å²) in [5, 5.41) is 2.65. The molecule has 0 aliphatic rings. The van der Waals surface area contributed by atoms with Crippen molar-refractivity contribution in [2.75, 3.05) is 0 Å². The summed E-state index contributed by atoms with van der Waals surface area (Å²) in [6.07, 6.45) is 1.64. The maximum Gasteiger partial charge on any atom is 0.240 e. The first-order valence-electron chi connectivity index (χ1n) is 6.33. The summed E-state index contributed by atoms with van der Waals surface area (Å²) in [6.45, 7) is 3.67. The third-order valence-corrected chi connectivity index (χ3v) is 4.44. The number of amides is 2. The van der Waals surface area contributed by atoms with Gasteiger partial charge >= 0.3 is 0 Å². The van der Waals surface area contributed by atoms with Crippen molar-refractivity contribution in [2.24, 2.45) is 11.7 Å². The maximum atomic E-state index is 11.8. The molecule has 0 saturated carbocycles. The lowest BCUT2D eigenvalue weighted by atomic mass is 10.0. The van der Waals surface area contributed by atoms with Crippen LogP contribution in [0.1, 0.15) is 32.3 Å². The molecule has 20 heavy (non-hydrogen) atoms. The van der Waals surface area contributed by atoms with Crippen LogP contribution in [0.3, 0.4) is 0 Å². The van der Waals surface area contributed by atoms with Gasteiger partial charge in [0.1, 0.15) is 6.04 Å². The van der Waals surface area contributed by atoms with E-state index in [-0.39, 0.29) is 11.8 Å². The van der Waals surface area contributed by atoms with E-state index in [1.54, 1.807) is 0 Å². The normalized spacial score (nSPS) is 12.4. The number of aryl methyl sites for hydroxylation is 1. The van der Waals surface area contributed by atoms with Crippen LogP contribution in [-0.4, -0.2) is 17.9 Å². The van der Waals surface area contributed by atoms with Crippen LogP contribution >= 0.6 is 34.5 Å². The minimum Gasteiger partial charge on any atom is -0.368 e. The van der Waals surface area contributed by atoms with Crippen molar-refractivity contribution in [3.8, 4) is 0 Å². The highest BCUT2D eigenvalue weighted by Gasteiger charge is 2.21. The highest BCUT2D eigenvalue weighted by Crippen LogP contribution is 2.31. The zero-order valence-electron chi connectivity index (χ0n) is 11.4. The predicted octanol–water partition coefficient (Wildman–Crippen LogP) is 3.00. The molecule has 2 amide bonds. The summed E-state index contributed by atoms with van der Waals surface area (Å²) in [7, 11) is 0. The van der Waals surface area contributed by atoms with Gasteiger partial charge in [-0.2, -0.15) is 0 Å². The van der Waals surface area contributed by atoms with Crippen molar-refractivity contribution < 1.29 is 9.59 Å². The van der Waals surface area contributed by atoms with Gasteiger partial charge in [-0.3, -0.25) is 9.59 Å². The summed E-state index contributed by atoms with van der Waals surface area (Å²) in [4.78, 5) is 23.0. The molecule has 0 bridgehead atoms. The average Bonchev–Trinajstić information content (AvgIpc) is 2.64. The number of nitrogens with two attached hydrogens (primary N) is 1. The van der Waals surface area contributed by atoms with Gasteiger partial charge in [0, 0.05) is 6.42 Å². The van der Waals surface area contributed by atoms with Crippen LogP contribution in [0.25, 0.3) is 0 Å². The Kier molecular flexibility index (Phi) is 6.79. The molecule has 1 rings (SSSR count). The van der Waals surface area contributed by atoms with E-state index in [2.05, 4.69) is 5.32 Å². The molecule has 0 aliphatic heterocycles. The fraction of sp³-hybridized carbons (Fsp3) is 0.538. The van der Waals surface area contributed by atoms with Gasteiger partial charge in [-0.25, -0.2) is 0 Å². The maximum absolute atomic E-state index is 11.8. The number of nitrogens with one attached hydrogen (secondary N) is 1. The quantitative estimate of drug-likeness (QED) is 0.803. The Bertz CT molecular complexity index is 489. The number of hydrogen-bond donors (Lipinski definition) is 2. The first-order valence-corrected chi connectivity index (χ1v) is 7.91. The minimum atomic E-state index is -0.623. The van der Waals surface area contributed by atoms with Crippen LogP contribution in [0.4, 0.5) is 0 Å². The molecule has 1 atom stereocenters. The Morgan fingerprint density at radius 3 is 2.50 bits per heavy atom. The van der Waals surface area contributed by atoms with E-state index in [1.165, 1.54) is 11.3 Å². The van der Waals surface area contributed by atoms with Crippen LogP contribution in [0, 0.1) is 5.92 Å². The summed E-state index contributed by atoms with van der Waals surface area (Å²) in [6, 6.07) is 1.19. The average molecular weight is 337 g/mol. The number of primary amides is 1. The van der Waals surface area contributed by atoms with E-state index in [0.29, 0.717) is 27.9 Å². The van der Waals surface area contributed by atoms with E-state index in [1.807, 2.05) is 19.9 Å². The molecule has 0 aromatic carbocycles. The Morgan fingerprint density at radius 1 is 1.40 bits per heavy atom. The number of halogens is 2. The summed E-state index contributed by atoms with van der Waals surface area (Å²) in [5.74, 6) is -0.720. The third kappa shape index (κ3) is 5.31. The summed E-state index contributed by atoms with van der Waals surface area (Å²) < 4.78 is 1.30. The van der Waals surface area contributed by atoms with Gasteiger partial charge in [-0.15, -0.1) is 11.3 Å². The molecular formula is C13H18Cl2N2O2S. The molecule has 3 N–H and O–H groups in total. The lowest BCUT2D eigenvalue weighted by Crippen LogP contribution is -2.47. The van der Waals surface area contributed by atoms with Gasteiger partial charge in [-0.05, 0) is 30.4 Å². The number of carbonyl (C=O) groups is 2. The van der Waals surface area contributed by atoms with Crippen LogP contribution in [0.2, 0.25) is 8.67 Å². The number of thiophene rings is 1. The second-order valence-electron chi connectivity index (χ2n) is 4.89.